The third kappa shape index (κ3) is 7.34. The molecular formula is C23H30IN3O2. The fourth-order valence-corrected chi connectivity index (χ4v) is 4.09. The van der Waals surface area contributed by atoms with Gasteiger partial charge in [-0.25, -0.2) is 5.43 Å². The molecule has 156 valence electrons. The molecule has 2 aromatic carbocycles. The highest BCUT2D eigenvalue weighted by Crippen LogP contribution is 2.25. The van der Waals surface area contributed by atoms with Crippen LogP contribution in [0.25, 0.3) is 0 Å². The number of nitrogens with zero attached hydrogens (tertiary/aromatic N) is 2. The van der Waals surface area contributed by atoms with Crippen LogP contribution >= 0.6 is 22.6 Å². The molecule has 0 saturated heterocycles. The van der Waals surface area contributed by atoms with E-state index in [9.17, 15) is 4.79 Å². The van der Waals surface area contributed by atoms with Gasteiger partial charge in [-0.2, -0.15) is 5.10 Å². The second-order valence-corrected chi connectivity index (χ2v) is 8.27. The second-order valence-electron chi connectivity index (χ2n) is 7.03. The van der Waals surface area contributed by atoms with Crippen molar-refractivity contribution in [3.8, 4) is 5.75 Å². The highest BCUT2D eigenvalue weighted by atomic mass is 127. The van der Waals surface area contributed by atoms with Crippen LogP contribution in [-0.4, -0.2) is 31.8 Å². The minimum Gasteiger partial charge on any atom is -0.483 e. The average Bonchev–Trinajstić information content (AvgIpc) is 2.67. The zero-order valence-electron chi connectivity index (χ0n) is 17.7. The largest absolute Gasteiger partial charge is 0.483 e. The Labute approximate surface area is 187 Å². The van der Waals surface area contributed by atoms with E-state index in [0.717, 1.165) is 51.9 Å². The summed E-state index contributed by atoms with van der Waals surface area (Å²) in [5.41, 5.74) is 6.71. The topological polar surface area (TPSA) is 53.9 Å². The number of anilines is 1. The smallest absolute Gasteiger partial charge is 0.277 e. The zero-order valence-corrected chi connectivity index (χ0v) is 19.8. The minimum absolute atomic E-state index is 0.0679. The first-order valence-electron chi connectivity index (χ1n) is 10.0. The first-order chi connectivity index (χ1) is 13.9. The lowest BCUT2D eigenvalue weighted by Gasteiger charge is -2.23. The number of hydrazone groups is 1. The second kappa shape index (κ2) is 11.8. The van der Waals surface area contributed by atoms with Crippen LogP contribution in [0, 0.1) is 17.4 Å². The molecule has 0 saturated carbocycles. The monoisotopic (exact) mass is 507 g/mol. The van der Waals surface area contributed by atoms with Gasteiger partial charge in [0.15, 0.2) is 6.61 Å². The van der Waals surface area contributed by atoms with Gasteiger partial charge in [0.2, 0.25) is 0 Å². The summed E-state index contributed by atoms with van der Waals surface area (Å²) in [7, 11) is 0. The Morgan fingerprint density at radius 1 is 1.10 bits per heavy atom. The summed E-state index contributed by atoms with van der Waals surface area (Å²) in [5.74, 6) is 0.469. The van der Waals surface area contributed by atoms with E-state index in [2.05, 4.69) is 64.0 Å². The predicted molar refractivity (Wildman–Crippen MR) is 129 cm³/mol. The number of benzene rings is 2. The van der Waals surface area contributed by atoms with Gasteiger partial charge in [-0.3, -0.25) is 4.79 Å². The molecule has 2 rings (SSSR count). The Morgan fingerprint density at radius 2 is 1.69 bits per heavy atom. The van der Waals surface area contributed by atoms with Crippen LogP contribution in [0.2, 0.25) is 0 Å². The third-order valence-electron chi connectivity index (χ3n) is 4.42. The van der Waals surface area contributed by atoms with Crippen molar-refractivity contribution in [3.63, 3.8) is 0 Å². The van der Waals surface area contributed by atoms with Crippen molar-refractivity contribution < 1.29 is 9.53 Å². The third-order valence-corrected chi connectivity index (χ3v) is 5.04. The summed E-state index contributed by atoms with van der Waals surface area (Å²) < 4.78 is 6.83. The van der Waals surface area contributed by atoms with Gasteiger partial charge in [0.25, 0.3) is 5.91 Å². The lowest BCUT2D eigenvalue weighted by Crippen LogP contribution is -2.25. The van der Waals surface area contributed by atoms with Crippen molar-refractivity contribution in [1.82, 2.24) is 5.43 Å². The first-order valence-corrected chi connectivity index (χ1v) is 11.1. The maximum absolute atomic E-state index is 12.0. The molecule has 0 atom stereocenters. The highest BCUT2D eigenvalue weighted by molar-refractivity contribution is 14.1. The van der Waals surface area contributed by atoms with Gasteiger partial charge in [0, 0.05) is 22.3 Å². The molecule has 2 aromatic rings. The van der Waals surface area contributed by atoms with Gasteiger partial charge in [-0.05, 0) is 90.2 Å². The normalized spacial score (nSPS) is 10.9. The standard InChI is InChI=1S/C23H30IN3O2/c1-5-11-27(12-6-2)21-9-7-19(8-10-21)15-25-26-22(28)16-29-23-17(3)13-20(24)14-18(23)4/h7-10,13-15H,5-6,11-12,16H2,1-4H3,(H,26,28)/b25-15+. The van der Waals surface area contributed by atoms with Crippen LogP contribution in [0.15, 0.2) is 41.5 Å². The predicted octanol–water partition coefficient (Wildman–Crippen LogP) is 5.06. The lowest BCUT2D eigenvalue weighted by atomic mass is 10.1. The van der Waals surface area contributed by atoms with Gasteiger partial charge in [-0.1, -0.05) is 26.0 Å². The molecule has 0 heterocycles. The Bertz CT molecular complexity index is 806. The van der Waals surface area contributed by atoms with Crippen molar-refractivity contribution in [2.24, 2.45) is 5.10 Å². The number of nitrogens with one attached hydrogen (secondary N) is 1. The van der Waals surface area contributed by atoms with Crippen molar-refractivity contribution >= 4 is 40.4 Å². The van der Waals surface area contributed by atoms with E-state index in [0.29, 0.717) is 0 Å². The minimum atomic E-state index is -0.285. The van der Waals surface area contributed by atoms with Gasteiger partial charge in [0.05, 0.1) is 6.21 Å². The van der Waals surface area contributed by atoms with Crippen molar-refractivity contribution in [3.05, 3.63) is 56.7 Å². The van der Waals surface area contributed by atoms with E-state index in [1.165, 1.54) is 5.69 Å². The molecule has 5 nitrogen and oxygen atoms in total. The van der Waals surface area contributed by atoms with E-state index in [1.54, 1.807) is 6.21 Å². The Morgan fingerprint density at radius 3 is 2.24 bits per heavy atom. The van der Waals surface area contributed by atoms with Gasteiger partial charge >= 0.3 is 0 Å². The van der Waals surface area contributed by atoms with E-state index in [1.807, 2.05) is 38.1 Å². The van der Waals surface area contributed by atoms with Crippen LogP contribution in [0.5, 0.6) is 5.75 Å². The molecular weight excluding hydrogens is 477 g/mol. The number of rotatable bonds is 10. The molecule has 0 fully saturated rings. The molecule has 0 radical (unpaired) electrons. The molecule has 0 aliphatic heterocycles. The zero-order chi connectivity index (χ0) is 21.2. The summed E-state index contributed by atoms with van der Waals surface area (Å²) in [6.45, 7) is 10.4. The number of ether oxygens (including phenoxy) is 1. The molecule has 29 heavy (non-hydrogen) atoms. The number of aryl methyl sites for hydroxylation is 2. The molecule has 0 aliphatic carbocycles. The maximum atomic E-state index is 12.0. The van der Waals surface area contributed by atoms with Gasteiger partial charge < -0.3 is 9.64 Å². The van der Waals surface area contributed by atoms with E-state index in [4.69, 9.17) is 4.74 Å². The summed E-state index contributed by atoms with van der Waals surface area (Å²) in [6, 6.07) is 12.3. The van der Waals surface area contributed by atoms with Crippen LogP contribution in [-0.2, 0) is 4.79 Å². The maximum Gasteiger partial charge on any atom is 0.277 e. The van der Waals surface area contributed by atoms with Crippen LogP contribution in [0.1, 0.15) is 43.4 Å². The van der Waals surface area contributed by atoms with E-state index >= 15 is 0 Å². The Balaban J connectivity index is 1.87. The number of halogens is 1. The highest BCUT2D eigenvalue weighted by Gasteiger charge is 2.08. The van der Waals surface area contributed by atoms with Gasteiger partial charge in [-0.15, -0.1) is 0 Å². The van der Waals surface area contributed by atoms with Crippen LogP contribution in [0.4, 0.5) is 5.69 Å². The number of amides is 1. The molecule has 0 aliphatic rings. The van der Waals surface area contributed by atoms with Crippen molar-refractivity contribution in [2.75, 3.05) is 24.6 Å². The molecule has 1 amide bonds. The number of carbonyl (C=O) groups excluding carboxylic acids is 1. The van der Waals surface area contributed by atoms with Crippen molar-refractivity contribution in [1.29, 1.82) is 0 Å². The van der Waals surface area contributed by atoms with E-state index < -0.39 is 0 Å². The summed E-state index contributed by atoms with van der Waals surface area (Å²) >= 11 is 2.27. The average molecular weight is 507 g/mol. The molecule has 0 unspecified atom stereocenters. The number of carbonyl (C=O) groups is 1. The molecule has 6 heteroatoms. The first kappa shape index (κ1) is 23.2. The fraction of sp³-hybridized carbons (Fsp3) is 0.391. The van der Waals surface area contributed by atoms with Crippen LogP contribution in [0.3, 0.4) is 0 Å². The SMILES string of the molecule is CCCN(CCC)c1ccc(/C=N/NC(=O)COc2c(C)cc(I)cc2C)cc1. The quantitative estimate of drug-likeness (QED) is 0.278. The lowest BCUT2D eigenvalue weighted by molar-refractivity contribution is -0.123. The Hall–Kier alpha value is -2.09. The van der Waals surface area contributed by atoms with Crippen molar-refractivity contribution in [2.45, 2.75) is 40.5 Å². The van der Waals surface area contributed by atoms with E-state index in [-0.39, 0.29) is 12.5 Å². The van der Waals surface area contributed by atoms with Crippen LogP contribution < -0.4 is 15.1 Å². The summed E-state index contributed by atoms with van der Waals surface area (Å²) in [4.78, 5) is 14.4. The Kier molecular flexibility index (Phi) is 9.44. The number of hydrogen-bond acceptors (Lipinski definition) is 4. The fourth-order valence-electron chi connectivity index (χ4n) is 3.15. The number of hydrogen-bond donors (Lipinski definition) is 1. The van der Waals surface area contributed by atoms with Gasteiger partial charge in [0.1, 0.15) is 5.75 Å². The summed E-state index contributed by atoms with van der Waals surface area (Å²) in [5, 5.41) is 4.04. The molecule has 0 bridgehead atoms. The molecule has 0 aromatic heterocycles. The summed E-state index contributed by atoms with van der Waals surface area (Å²) in [6.07, 6.45) is 3.89. The molecule has 1 N–H and O–H groups in total. The molecule has 0 spiro atoms.